The summed E-state index contributed by atoms with van der Waals surface area (Å²) >= 11 is 6.21. The number of halogens is 4. The Bertz CT molecular complexity index is 1920. The molecule has 2 aliphatic rings. The lowest BCUT2D eigenvalue weighted by Crippen LogP contribution is -2.52. The zero-order chi connectivity index (χ0) is 34.3. The van der Waals surface area contributed by atoms with Crippen LogP contribution in [0, 0.1) is 0 Å². The highest BCUT2D eigenvalue weighted by molar-refractivity contribution is 7.86. The van der Waals surface area contributed by atoms with Gasteiger partial charge in [0.2, 0.25) is 11.7 Å². The number of nitrogens with two attached hydrogens (primary N) is 1. The third-order valence-corrected chi connectivity index (χ3v) is 9.32. The second-order valence-corrected chi connectivity index (χ2v) is 12.8. The fraction of sp³-hybridized carbons (Fsp3) is 0.464. The predicted molar refractivity (Wildman–Crippen MR) is 166 cm³/mol. The minimum atomic E-state index is -4.70. The number of amides is 2. The van der Waals surface area contributed by atoms with Gasteiger partial charge in [0.05, 0.1) is 35.2 Å². The Hall–Kier alpha value is -3.84. The Labute approximate surface area is 272 Å². The number of imide groups is 1. The Morgan fingerprint density at radius 2 is 1.83 bits per heavy atom. The van der Waals surface area contributed by atoms with Gasteiger partial charge in [-0.2, -0.15) is 35.4 Å². The normalized spacial score (nSPS) is 16.4. The van der Waals surface area contributed by atoms with Crippen LogP contribution in [0.5, 0.6) is 0 Å². The lowest BCUT2D eigenvalue weighted by atomic mass is 10.1. The number of benzene rings is 1. The SMILES string of the molecule is CCC(=O)N(C(=O)Cn1c(CC)c(N2CCN(S(N)(=O)=O)CC2)c(=O)n2nc(C3=CCOCC3)nc12)c1ccc(C(F)(F)F)cc1Cl. The van der Waals surface area contributed by atoms with Crippen molar-refractivity contribution in [2.45, 2.75) is 45.8 Å². The van der Waals surface area contributed by atoms with Crippen LogP contribution in [-0.4, -0.2) is 83.1 Å². The molecule has 47 heavy (non-hydrogen) atoms. The average Bonchev–Trinajstić information content (AvgIpc) is 3.49. The molecular formula is C28H32ClF3N8O6S. The zero-order valence-electron chi connectivity index (χ0n) is 25.5. The largest absolute Gasteiger partial charge is 0.416 e. The number of rotatable bonds is 8. The van der Waals surface area contributed by atoms with E-state index in [1.807, 2.05) is 0 Å². The van der Waals surface area contributed by atoms with E-state index in [4.69, 9.17) is 21.5 Å². The maximum absolute atomic E-state index is 14.0. The van der Waals surface area contributed by atoms with E-state index in [1.165, 1.54) is 11.5 Å². The minimum absolute atomic E-state index is 0.000905. The highest BCUT2D eigenvalue weighted by atomic mass is 35.5. The van der Waals surface area contributed by atoms with Gasteiger partial charge >= 0.3 is 6.18 Å². The zero-order valence-corrected chi connectivity index (χ0v) is 27.0. The molecule has 0 unspecified atom stereocenters. The van der Waals surface area contributed by atoms with Crippen LogP contribution in [-0.2, 0) is 43.7 Å². The lowest BCUT2D eigenvalue weighted by molar-refractivity contribution is -0.137. The first-order chi connectivity index (χ1) is 22.1. The number of hydrogen-bond acceptors (Lipinski definition) is 9. The average molecular weight is 701 g/mol. The van der Waals surface area contributed by atoms with Crippen LogP contribution >= 0.6 is 11.6 Å². The van der Waals surface area contributed by atoms with Gasteiger partial charge in [0.1, 0.15) is 12.2 Å². The van der Waals surface area contributed by atoms with Crippen LogP contribution in [0.25, 0.3) is 11.4 Å². The van der Waals surface area contributed by atoms with E-state index in [0.717, 1.165) is 31.4 Å². The molecule has 1 fully saturated rings. The summed E-state index contributed by atoms with van der Waals surface area (Å²) in [5.41, 5.74) is -0.618. The smallest absolute Gasteiger partial charge is 0.377 e. The molecule has 254 valence electrons. The molecule has 1 saturated heterocycles. The number of nitrogens with zero attached hydrogens (tertiary/aromatic N) is 7. The van der Waals surface area contributed by atoms with Gasteiger partial charge in [0, 0.05) is 32.6 Å². The summed E-state index contributed by atoms with van der Waals surface area (Å²) in [5, 5.41) is 9.31. The molecule has 0 saturated carbocycles. The van der Waals surface area contributed by atoms with Gasteiger partial charge in [-0.15, -0.1) is 5.10 Å². The summed E-state index contributed by atoms with van der Waals surface area (Å²) in [5.74, 6) is -1.34. The number of piperazine rings is 1. The van der Waals surface area contributed by atoms with Crippen LogP contribution < -0.4 is 20.5 Å². The Morgan fingerprint density at radius 1 is 1.13 bits per heavy atom. The molecule has 19 heteroatoms. The minimum Gasteiger partial charge on any atom is -0.377 e. The monoisotopic (exact) mass is 700 g/mol. The van der Waals surface area contributed by atoms with Crippen LogP contribution in [0.4, 0.5) is 24.5 Å². The number of carbonyl (C=O) groups is 2. The van der Waals surface area contributed by atoms with E-state index < -0.39 is 50.9 Å². The molecule has 0 spiro atoms. The number of ether oxygens (including phenoxy) is 1. The second kappa shape index (κ2) is 13.3. The number of carbonyl (C=O) groups excluding carboxylic acids is 2. The standard InChI is InChI=1S/C28H32ClF3N8O6S/c1-3-20-24(36-9-11-37(12-10-36)47(33,44)45)26(43)40-27(34-25(35-40)17-7-13-46-14-8-17)38(20)16-23(42)39(22(41)4-2)21-6-5-18(15-19(21)29)28(30,31)32/h5-7,15H,3-4,8-14,16H2,1-2H3,(H2,33,44,45). The molecule has 0 atom stereocenters. The van der Waals surface area contributed by atoms with Crippen molar-refractivity contribution in [2.75, 3.05) is 49.2 Å². The number of anilines is 2. The van der Waals surface area contributed by atoms with E-state index in [0.29, 0.717) is 31.4 Å². The summed E-state index contributed by atoms with van der Waals surface area (Å²) in [6, 6.07) is 2.33. The Kier molecular flexibility index (Phi) is 9.79. The van der Waals surface area contributed by atoms with Crippen molar-refractivity contribution >= 4 is 56.4 Å². The van der Waals surface area contributed by atoms with Gasteiger partial charge in [0.15, 0.2) is 5.82 Å². The Morgan fingerprint density at radius 3 is 2.38 bits per heavy atom. The second-order valence-electron chi connectivity index (χ2n) is 10.8. The molecule has 2 N–H and O–H groups in total. The maximum atomic E-state index is 14.0. The topological polar surface area (TPSA) is 165 Å². The fourth-order valence-electron chi connectivity index (χ4n) is 5.60. The maximum Gasteiger partial charge on any atom is 0.416 e. The van der Waals surface area contributed by atoms with Crippen molar-refractivity contribution in [3.63, 3.8) is 0 Å². The molecule has 1 aromatic carbocycles. The molecule has 2 aromatic heterocycles. The van der Waals surface area contributed by atoms with Crippen molar-refractivity contribution in [1.82, 2.24) is 23.5 Å². The highest BCUT2D eigenvalue weighted by Gasteiger charge is 2.34. The number of hydrogen-bond donors (Lipinski definition) is 1. The van der Waals surface area contributed by atoms with Gasteiger partial charge in [0.25, 0.3) is 21.7 Å². The van der Waals surface area contributed by atoms with Crippen LogP contribution in [0.1, 0.15) is 43.8 Å². The summed E-state index contributed by atoms with van der Waals surface area (Å²) < 4.78 is 72.8. The van der Waals surface area contributed by atoms with E-state index in [2.05, 4.69) is 10.1 Å². The fourth-order valence-corrected chi connectivity index (χ4v) is 6.54. The lowest BCUT2D eigenvalue weighted by Gasteiger charge is -2.35. The number of alkyl halides is 3. The summed E-state index contributed by atoms with van der Waals surface area (Å²) in [6.45, 7) is 3.59. The first-order valence-electron chi connectivity index (χ1n) is 14.7. The number of fused-ring (bicyclic) bond motifs is 1. The summed E-state index contributed by atoms with van der Waals surface area (Å²) in [4.78, 5) is 48.2. The van der Waals surface area contributed by atoms with Crippen LogP contribution in [0.3, 0.4) is 0 Å². The van der Waals surface area contributed by atoms with Gasteiger partial charge in [-0.25, -0.2) is 10.0 Å². The van der Waals surface area contributed by atoms with Gasteiger partial charge in [-0.3, -0.25) is 14.4 Å². The summed E-state index contributed by atoms with van der Waals surface area (Å²) in [7, 11) is -3.96. The first kappa shape index (κ1) is 34.5. The molecule has 4 heterocycles. The van der Waals surface area contributed by atoms with E-state index in [-0.39, 0.29) is 62.0 Å². The molecule has 14 nitrogen and oxygen atoms in total. The molecule has 5 rings (SSSR count). The number of aromatic nitrogens is 4. The molecule has 0 aliphatic carbocycles. The van der Waals surface area contributed by atoms with Crippen molar-refractivity contribution in [3.05, 3.63) is 56.7 Å². The van der Waals surface area contributed by atoms with Crippen LogP contribution in [0.2, 0.25) is 5.02 Å². The van der Waals surface area contributed by atoms with E-state index in [9.17, 15) is 36.0 Å². The van der Waals surface area contributed by atoms with Crippen molar-refractivity contribution in [2.24, 2.45) is 5.14 Å². The quantitative estimate of drug-likeness (QED) is 0.371. The third-order valence-electron chi connectivity index (χ3n) is 7.94. The molecular weight excluding hydrogens is 669 g/mol. The molecule has 0 bridgehead atoms. The molecule has 2 aliphatic heterocycles. The highest BCUT2D eigenvalue weighted by Crippen LogP contribution is 2.36. The third kappa shape index (κ3) is 6.92. The molecule has 2 amide bonds. The van der Waals surface area contributed by atoms with Crippen molar-refractivity contribution in [1.29, 1.82) is 0 Å². The van der Waals surface area contributed by atoms with Gasteiger partial charge in [-0.05, 0) is 36.6 Å². The van der Waals surface area contributed by atoms with E-state index >= 15 is 0 Å². The predicted octanol–water partition coefficient (Wildman–Crippen LogP) is 2.22. The van der Waals surface area contributed by atoms with Crippen LogP contribution in [0.15, 0.2) is 29.1 Å². The van der Waals surface area contributed by atoms with Crippen molar-refractivity contribution < 1.29 is 35.9 Å². The van der Waals surface area contributed by atoms with E-state index in [1.54, 1.807) is 17.9 Å². The molecule has 3 aromatic rings. The summed E-state index contributed by atoms with van der Waals surface area (Å²) in [6.07, 6.45) is -2.43. The van der Waals surface area contributed by atoms with Crippen molar-refractivity contribution in [3.8, 4) is 0 Å². The molecule has 0 radical (unpaired) electrons. The van der Waals surface area contributed by atoms with Gasteiger partial charge in [-0.1, -0.05) is 31.5 Å². The first-order valence-corrected chi connectivity index (χ1v) is 16.6. The van der Waals surface area contributed by atoms with Gasteiger partial charge < -0.3 is 14.2 Å². The Balaban J connectivity index is 1.65.